The highest BCUT2D eigenvalue weighted by atomic mass is 16.5. The van der Waals surface area contributed by atoms with Crippen molar-refractivity contribution in [1.29, 1.82) is 0 Å². The first kappa shape index (κ1) is 20.9. The van der Waals surface area contributed by atoms with E-state index < -0.39 is 0 Å². The van der Waals surface area contributed by atoms with Crippen LogP contribution in [-0.2, 0) is 4.74 Å². The summed E-state index contributed by atoms with van der Waals surface area (Å²) in [6.07, 6.45) is 6.54. The number of ether oxygens (including phenoxy) is 3. The average Bonchev–Trinajstić information content (AvgIpc) is 2.81. The summed E-state index contributed by atoms with van der Waals surface area (Å²) in [6.45, 7) is 0. The molecular weight excluding hydrogens is 402 g/mol. The molecule has 4 bridgehead atoms. The minimum Gasteiger partial charge on any atom is -0.497 e. The molecule has 4 fully saturated rings. The lowest BCUT2D eigenvalue weighted by atomic mass is 9.54. The molecule has 2 aromatic rings. The van der Waals surface area contributed by atoms with Crippen LogP contribution in [0, 0.1) is 23.7 Å². The Bertz CT molecular complexity index is 1010. The third kappa shape index (κ3) is 3.85. The molecule has 0 saturated heterocycles. The van der Waals surface area contributed by atoms with Crippen molar-refractivity contribution in [2.75, 3.05) is 26.6 Å². The van der Waals surface area contributed by atoms with E-state index in [1.807, 2.05) is 36.4 Å². The molecule has 4 aliphatic carbocycles. The van der Waals surface area contributed by atoms with Gasteiger partial charge < -0.3 is 19.5 Å². The normalized spacial score (nSPS) is 25.4. The molecule has 6 rings (SSSR count). The predicted octanol–water partition coefficient (Wildman–Crippen LogP) is 5.77. The van der Waals surface area contributed by atoms with Crippen LogP contribution in [0.4, 0.5) is 5.69 Å². The maximum Gasteiger partial charge on any atom is 0.255 e. The van der Waals surface area contributed by atoms with Crippen molar-refractivity contribution in [2.45, 2.75) is 32.1 Å². The van der Waals surface area contributed by atoms with Crippen molar-refractivity contribution in [1.82, 2.24) is 0 Å². The van der Waals surface area contributed by atoms with E-state index in [-0.39, 0.29) is 5.91 Å². The molecule has 32 heavy (non-hydrogen) atoms. The number of nitrogens with one attached hydrogen (secondary N) is 1. The molecule has 0 radical (unpaired) electrons. The van der Waals surface area contributed by atoms with Crippen LogP contribution in [0.3, 0.4) is 0 Å². The summed E-state index contributed by atoms with van der Waals surface area (Å²) in [5.41, 5.74) is 3.66. The molecule has 2 aromatic carbocycles. The van der Waals surface area contributed by atoms with E-state index in [1.165, 1.54) is 37.7 Å². The van der Waals surface area contributed by atoms with Crippen LogP contribution in [0.15, 0.2) is 48.0 Å². The molecule has 0 aromatic heterocycles. The van der Waals surface area contributed by atoms with Crippen LogP contribution >= 0.6 is 0 Å². The lowest BCUT2D eigenvalue weighted by molar-refractivity contribution is 0.0675. The fourth-order valence-corrected chi connectivity index (χ4v) is 6.32. The van der Waals surface area contributed by atoms with Crippen LogP contribution in [0.5, 0.6) is 11.5 Å². The second-order valence-electron chi connectivity index (χ2n) is 9.43. The number of amides is 1. The van der Waals surface area contributed by atoms with Crippen LogP contribution in [0.2, 0.25) is 0 Å². The van der Waals surface area contributed by atoms with Crippen molar-refractivity contribution < 1.29 is 19.0 Å². The summed E-state index contributed by atoms with van der Waals surface area (Å²) in [5.74, 6) is 5.16. The van der Waals surface area contributed by atoms with Gasteiger partial charge in [0.2, 0.25) is 0 Å². The van der Waals surface area contributed by atoms with Gasteiger partial charge in [-0.05, 0) is 104 Å². The largest absolute Gasteiger partial charge is 0.497 e. The van der Waals surface area contributed by atoms with Gasteiger partial charge >= 0.3 is 0 Å². The van der Waals surface area contributed by atoms with E-state index in [0.717, 1.165) is 28.9 Å². The van der Waals surface area contributed by atoms with Gasteiger partial charge in [-0.3, -0.25) is 4.79 Å². The molecule has 0 unspecified atom stereocenters. The highest BCUT2D eigenvalue weighted by Crippen LogP contribution is 2.58. The first-order valence-electron chi connectivity index (χ1n) is 11.5. The Hall–Kier alpha value is -2.95. The first-order chi connectivity index (χ1) is 15.6. The van der Waals surface area contributed by atoms with E-state index in [0.29, 0.717) is 28.8 Å². The number of anilines is 1. The number of allylic oxidation sites excluding steroid dienone is 1. The Morgan fingerprint density at radius 3 is 1.94 bits per heavy atom. The van der Waals surface area contributed by atoms with Gasteiger partial charge in [0.25, 0.3) is 5.91 Å². The summed E-state index contributed by atoms with van der Waals surface area (Å²) < 4.78 is 16.8. The Balaban J connectivity index is 1.47. The van der Waals surface area contributed by atoms with E-state index in [2.05, 4.69) is 5.32 Å². The molecule has 0 spiro atoms. The van der Waals surface area contributed by atoms with Crippen molar-refractivity contribution in [3.8, 4) is 11.5 Å². The van der Waals surface area contributed by atoms with Crippen LogP contribution in [0.25, 0.3) is 5.76 Å². The van der Waals surface area contributed by atoms with Crippen LogP contribution < -0.4 is 14.8 Å². The van der Waals surface area contributed by atoms with Gasteiger partial charge in [0, 0.05) is 16.8 Å². The molecule has 4 aliphatic rings. The smallest absolute Gasteiger partial charge is 0.255 e. The Labute approximate surface area is 189 Å². The Kier molecular flexibility index (Phi) is 5.58. The van der Waals surface area contributed by atoms with Crippen LogP contribution in [0.1, 0.15) is 48.0 Å². The zero-order valence-electron chi connectivity index (χ0n) is 19.0. The van der Waals surface area contributed by atoms with E-state index in [4.69, 9.17) is 14.2 Å². The number of carbonyl (C=O) groups excluding carboxylic acids is 1. The lowest BCUT2D eigenvalue weighted by Crippen LogP contribution is -2.40. The number of rotatable bonds is 6. The molecule has 168 valence electrons. The van der Waals surface area contributed by atoms with Crippen LogP contribution in [-0.4, -0.2) is 27.2 Å². The SMILES string of the molecule is COC(=C1C2CC3CC(C2)CC1C3)c1cc(OC)cc(C(=O)Nc2ccc(OC)cc2)c1. The number of benzene rings is 2. The highest BCUT2D eigenvalue weighted by Gasteiger charge is 2.46. The number of hydrogen-bond donors (Lipinski definition) is 1. The first-order valence-corrected chi connectivity index (χ1v) is 11.5. The van der Waals surface area contributed by atoms with Crippen molar-refractivity contribution in [3.05, 3.63) is 59.2 Å². The molecule has 5 nitrogen and oxygen atoms in total. The second-order valence-corrected chi connectivity index (χ2v) is 9.43. The van der Waals surface area contributed by atoms with E-state index >= 15 is 0 Å². The Morgan fingerprint density at radius 1 is 0.781 bits per heavy atom. The van der Waals surface area contributed by atoms with Crippen molar-refractivity contribution >= 4 is 17.4 Å². The van der Waals surface area contributed by atoms with Gasteiger partial charge in [-0.25, -0.2) is 0 Å². The molecule has 4 saturated carbocycles. The summed E-state index contributed by atoms with van der Waals surface area (Å²) >= 11 is 0. The molecule has 0 aliphatic heterocycles. The van der Waals surface area contributed by atoms with E-state index in [1.54, 1.807) is 27.4 Å². The van der Waals surface area contributed by atoms with Gasteiger partial charge in [0.1, 0.15) is 17.3 Å². The summed E-state index contributed by atoms with van der Waals surface area (Å²) in [7, 11) is 5.01. The topological polar surface area (TPSA) is 56.8 Å². The maximum atomic E-state index is 13.1. The number of methoxy groups -OCH3 is 3. The zero-order chi connectivity index (χ0) is 22.2. The average molecular weight is 434 g/mol. The van der Waals surface area contributed by atoms with Crippen molar-refractivity contribution in [2.24, 2.45) is 23.7 Å². The molecule has 1 N–H and O–H groups in total. The highest BCUT2D eigenvalue weighted by molar-refractivity contribution is 6.05. The monoisotopic (exact) mass is 433 g/mol. The molecule has 0 heterocycles. The predicted molar refractivity (Wildman–Crippen MR) is 125 cm³/mol. The van der Waals surface area contributed by atoms with Gasteiger partial charge in [0.05, 0.1) is 21.3 Å². The fourth-order valence-electron chi connectivity index (χ4n) is 6.32. The third-order valence-electron chi connectivity index (χ3n) is 7.50. The quantitative estimate of drug-likeness (QED) is 0.588. The van der Waals surface area contributed by atoms with Gasteiger partial charge in [-0.2, -0.15) is 0 Å². The number of hydrogen-bond acceptors (Lipinski definition) is 4. The Morgan fingerprint density at radius 2 is 1.38 bits per heavy atom. The molecule has 5 heteroatoms. The minimum atomic E-state index is -0.180. The lowest BCUT2D eigenvalue weighted by Gasteiger charge is -2.51. The molecule has 1 amide bonds. The van der Waals surface area contributed by atoms with Gasteiger partial charge in [-0.15, -0.1) is 0 Å². The van der Waals surface area contributed by atoms with E-state index in [9.17, 15) is 4.79 Å². The maximum absolute atomic E-state index is 13.1. The molecular formula is C27H31NO4. The second kappa shape index (κ2) is 8.53. The number of carbonyl (C=O) groups is 1. The van der Waals surface area contributed by atoms with Gasteiger partial charge in [-0.1, -0.05) is 0 Å². The summed E-state index contributed by atoms with van der Waals surface area (Å²) in [4.78, 5) is 13.1. The summed E-state index contributed by atoms with van der Waals surface area (Å²) in [5, 5.41) is 2.97. The van der Waals surface area contributed by atoms with Crippen molar-refractivity contribution in [3.63, 3.8) is 0 Å². The zero-order valence-corrected chi connectivity index (χ0v) is 19.0. The minimum absolute atomic E-state index is 0.180. The summed E-state index contributed by atoms with van der Waals surface area (Å²) in [6, 6.07) is 13.0. The standard InChI is InChI=1S/C27H31NO4/c1-30-23-6-4-22(5-7-23)28-27(29)21-13-20(14-24(15-21)31-2)26(32-3)25-18-9-16-8-17(11-18)12-19(25)10-16/h4-7,13-19H,8-12H2,1-3H3,(H,28,29). The fraction of sp³-hybridized carbons (Fsp3) is 0.444. The van der Waals surface area contributed by atoms with Gasteiger partial charge in [0.15, 0.2) is 0 Å². The molecule has 0 atom stereocenters. The third-order valence-corrected chi connectivity index (χ3v) is 7.50.